The molecule has 16 heavy (non-hydrogen) atoms. The van der Waals surface area contributed by atoms with Crippen LogP contribution in [0.5, 0.6) is 0 Å². The lowest BCUT2D eigenvalue weighted by atomic mass is 10.3. The monoisotopic (exact) mass is 286 g/mol. The highest BCUT2D eigenvalue weighted by Gasteiger charge is 2.79. The minimum atomic E-state index is -7.04. The van der Waals surface area contributed by atoms with Crippen LogP contribution in [-0.4, -0.2) is 27.1 Å². The molecule has 0 N–H and O–H groups in total. The molecule has 0 saturated heterocycles. The topological polar surface area (TPSA) is 17.1 Å². The number of hydrogen-bond donors (Lipinski definition) is 0. The zero-order chi connectivity index (χ0) is 13.6. The predicted octanol–water partition coefficient (Wildman–Crippen LogP) is 3.05. The van der Waals surface area contributed by atoms with Gasteiger partial charge in [-0.1, -0.05) is 0 Å². The van der Waals surface area contributed by atoms with E-state index in [1.165, 1.54) is 0 Å². The molecule has 0 bridgehead atoms. The molecule has 0 spiro atoms. The van der Waals surface area contributed by atoms with Crippen LogP contribution >= 0.6 is 0 Å². The zero-order valence-corrected chi connectivity index (χ0v) is 7.41. The lowest BCUT2D eigenvalue weighted by Gasteiger charge is -2.27. The Morgan fingerprint density at radius 1 is 0.688 bits per heavy atom. The standard InChI is InChI=1S/C4F10OS/c5-1(6,2(7,8)9)3(10,11)16(15)4(12,13)14. The van der Waals surface area contributed by atoms with E-state index in [-0.39, 0.29) is 0 Å². The van der Waals surface area contributed by atoms with E-state index in [0.29, 0.717) is 0 Å². The van der Waals surface area contributed by atoms with Crippen LogP contribution in [0.25, 0.3) is 0 Å². The first-order valence-electron chi connectivity index (χ1n) is 2.96. The molecule has 0 aliphatic carbocycles. The fourth-order valence-corrected chi connectivity index (χ4v) is 1.07. The van der Waals surface area contributed by atoms with Crippen molar-refractivity contribution >= 4 is 10.8 Å². The zero-order valence-electron chi connectivity index (χ0n) is 6.60. The van der Waals surface area contributed by atoms with Gasteiger partial charge in [0.1, 0.15) is 0 Å². The van der Waals surface area contributed by atoms with E-state index >= 15 is 0 Å². The van der Waals surface area contributed by atoms with Gasteiger partial charge in [-0.25, -0.2) is 4.21 Å². The molecule has 0 rings (SSSR count). The van der Waals surface area contributed by atoms with Gasteiger partial charge < -0.3 is 0 Å². The lowest BCUT2D eigenvalue weighted by Crippen LogP contribution is -2.56. The van der Waals surface area contributed by atoms with Crippen molar-refractivity contribution in [2.24, 2.45) is 0 Å². The minimum absolute atomic E-state index is 5.67. The van der Waals surface area contributed by atoms with Gasteiger partial charge in [0, 0.05) is 0 Å². The Labute approximate surface area is 82.9 Å². The summed E-state index contributed by atoms with van der Waals surface area (Å²) in [4.78, 5) is 0. The van der Waals surface area contributed by atoms with Crippen molar-refractivity contribution in [1.82, 2.24) is 0 Å². The molecule has 0 aromatic rings. The molecule has 0 aliphatic rings. The summed E-state index contributed by atoms with van der Waals surface area (Å²) in [6.45, 7) is 0. The van der Waals surface area contributed by atoms with Crippen molar-refractivity contribution < 1.29 is 48.1 Å². The summed E-state index contributed by atoms with van der Waals surface area (Å²) >= 11 is 0. The Bertz CT molecular complexity index is 286. The van der Waals surface area contributed by atoms with E-state index in [0.717, 1.165) is 0 Å². The maximum absolute atomic E-state index is 12.1. The molecular formula is C4F10OS. The summed E-state index contributed by atoms with van der Waals surface area (Å²) in [5.74, 6) is -7.04. The minimum Gasteiger partial charge on any atom is -0.244 e. The third-order valence-electron chi connectivity index (χ3n) is 1.16. The molecule has 0 aliphatic heterocycles. The van der Waals surface area contributed by atoms with Gasteiger partial charge in [0.25, 0.3) is 0 Å². The van der Waals surface area contributed by atoms with Gasteiger partial charge in [-0.05, 0) is 0 Å². The summed E-state index contributed by atoms with van der Waals surface area (Å²) < 4.78 is 126. The van der Waals surface area contributed by atoms with Crippen molar-refractivity contribution in [2.75, 3.05) is 0 Å². The molecule has 0 fully saturated rings. The Morgan fingerprint density at radius 3 is 1.19 bits per heavy atom. The van der Waals surface area contributed by atoms with Crippen LogP contribution in [0.15, 0.2) is 0 Å². The highest BCUT2D eigenvalue weighted by atomic mass is 32.2. The smallest absolute Gasteiger partial charge is 0.244 e. The fourth-order valence-electron chi connectivity index (χ4n) is 0.427. The molecule has 12 heteroatoms. The molecule has 0 radical (unpaired) electrons. The van der Waals surface area contributed by atoms with E-state index in [1.54, 1.807) is 0 Å². The SMILES string of the molecule is O=S(C(F)(F)F)C(F)(F)C(F)(F)C(F)(F)F. The third-order valence-corrected chi connectivity index (χ3v) is 2.31. The summed E-state index contributed by atoms with van der Waals surface area (Å²) in [6.07, 6.45) is -6.95. The molecule has 0 aromatic heterocycles. The van der Waals surface area contributed by atoms with Crippen LogP contribution in [-0.2, 0) is 10.8 Å². The molecule has 0 amide bonds. The van der Waals surface area contributed by atoms with Crippen LogP contribution in [0.1, 0.15) is 0 Å². The molecule has 0 heterocycles. The summed E-state index contributed by atoms with van der Waals surface area (Å²) in [5, 5.41) is -6.79. The Kier molecular flexibility index (Phi) is 3.61. The molecule has 1 nitrogen and oxygen atoms in total. The first-order chi connectivity index (χ1) is 6.65. The van der Waals surface area contributed by atoms with Crippen molar-refractivity contribution in [1.29, 1.82) is 0 Å². The van der Waals surface area contributed by atoms with Crippen LogP contribution in [0.4, 0.5) is 43.9 Å². The molecule has 0 aromatic carbocycles. The highest BCUT2D eigenvalue weighted by Crippen LogP contribution is 2.50. The van der Waals surface area contributed by atoms with Crippen LogP contribution in [0, 0.1) is 0 Å². The number of halogens is 10. The van der Waals surface area contributed by atoms with E-state index in [1.807, 2.05) is 0 Å². The Hall–Kier alpha value is -0.550. The number of hydrogen-bond acceptors (Lipinski definition) is 1. The lowest BCUT2D eigenvalue weighted by molar-refractivity contribution is -0.332. The molecule has 0 saturated carbocycles. The van der Waals surface area contributed by atoms with Gasteiger partial charge in [-0.2, -0.15) is 43.9 Å². The van der Waals surface area contributed by atoms with Gasteiger partial charge in [0.15, 0.2) is 0 Å². The Morgan fingerprint density at radius 2 is 1.00 bits per heavy atom. The van der Waals surface area contributed by atoms with E-state index < -0.39 is 33.7 Å². The molecule has 98 valence electrons. The van der Waals surface area contributed by atoms with Crippen LogP contribution in [0.3, 0.4) is 0 Å². The van der Waals surface area contributed by atoms with Gasteiger partial charge in [-0.3, -0.25) is 0 Å². The fraction of sp³-hybridized carbons (Fsp3) is 1.00. The molecule has 1 atom stereocenters. The highest BCUT2D eigenvalue weighted by molar-refractivity contribution is 7.87. The number of alkyl halides is 10. The summed E-state index contributed by atoms with van der Waals surface area (Å²) in [7, 11) is -5.67. The van der Waals surface area contributed by atoms with Crippen molar-refractivity contribution in [3.05, 3.63) is 0 Å². The summed E-state index contributed by atoms with van der Waals surface area (Å²) in [5.41, 5.74) is -6.39. The second-order valence-electron chi connectivity index (χ2n) is 2.30. The van der Waals surface area contributed by atoms with Crippen molar-refractivity contribution in [3.8, 4) is 0 Å². The van der Waals surface area contributed by atoms with E-state index in [9.17, 15) is 48.1 Å². The molecular weight excluding hydrogens is 286 g/mol. The first-order valence-corrected chi connectivity index (χ1v) is 4.11. The average Bonchev–Trinajstić information content (AvgIpc) is 1.98. The number of rotatable bonds is 2. The van der Waals surface area contributed by atoms with E-state index in [4.69, 9.17) is 0 Å². The Balaban J connectivity index is 5.46. The quantitative estimate of drug-likeness (QED) is 0.713. The second kappa shape index (κ2) is 3.74. The predicted molar refractivity (Wildman–Crippen MR) is 30.1 cm³/mol. The van der Waals surface area contributed by atoms with E-state index in [2.05, 4.69) is 0 Å². The van der Waals surface area contributed by atoms with Gasteiger partial charge in [0.05, 0.1) is 0 Å². The van der Waals surface area contributed by atoms with Gasteiger partial charge in [-0.15, -0.1) is 0 Å². The first kappa shape index (κ1) is 15.4. The maximum atomic E-state index is 12.1. The molecule has 1 unspecified atom stereocenters. The van der Waals surface area contributed by atoms with Crippen LogP contribution in [0.2, 0.25) is 0 Å². The second-order valence-corrected chi connectivity index (χ2v) is 3.82. The third kappa shape index (κ3) is 2.40. The van der Waals surface area contributed by atoms with Crippen molar-refractivity contribution in [3.63, 3.8) is 0 Å². The summed E-state index contributed by atoms with van der Waals surface area (Å²) in [6, 6.07) is 0. The normalized spacial score (nSPS) is 17.4. The van der Waals surface area contributed by atoms with Crippen molar-refractivity contribution in [2.45, 2.75) is 22.9 Å². The average molecular weight is 286 g/mol. The van der Waals surface area contributed by atoms with Crippen LogP contribution < -0.4 is 0 Å². The largest absolute Gasteiger partial charge is 0.477 e. The van der Waals surface area contributed by atoms with Gasteiger partial charge >= 0.3 is 22.9 Å². The van der Waals surface area contributed by atoms with Gasteiger partial charge in [0.2, 0.25) is 10.8 Å². The maximum Gasteiger partial charge on any atom is 0.477 e.